The lowest BCUT2D eigenvalue weighted by Crippen LogP contribution is -2.25. The zero-order valence-electron chi connectivity index (χ0n) is 17.8. The molecule has 35 heavy (non-hydrogen) atoms. The van der Waals surface area contributed by atoms with Crippen molar-refractivity contribution in [2.45, 2.75) is 13.1 Å². The maximum absolute atomic E-state index is 13.8. The van der Waals surface area contributed by atoms with Gasteiger partial charge in [-0.3, -0.25) is 4.79 Å². The molecule has 0 unspecified atom stereocenters. The Morgan fingerprint density at radius 3 is 2.43 bits per heavy atom. The highest BCUT2D eigenvalue weighted by Gasteiger charge is 2.47. The van der Waals surface area contributed by atoms with Crippen molar-refractivity contribution in [2.75, 3.05) is 18.2 Å². The fourth-order valence-electron chi connectivity index (χ4n) is 3.04. The minimum Gasteiger partial charge on any atom is -0.490 e. The summed E-state index contributed by atoms with van der Waals surface area (Å²) in [6.45, 7) is 1.10. The van der Waals surface area contributed by atoms with Crippen molar-refractivity contribution < 1.29 is 47.2 Å². The number of aliphatic carboxylic acids is 1. The van der Waals surface area contributed by atoms with Crippen molar-refractivity contribution in [3.8, 4) is 11.5 Å². The molecule has 2 aromatic carbocycles. The topological polar surface area (TPSA) is 126 Å². The summed E-state index contributed by atoms with van der Waals surface area (Å²) in [5.74, 6) is -3.63. The predicted octanol–water partition coefficient (Wildman–Crippen LogP) is 4.36. The Labute approximate surface area is 204 Å². The number of carbonyl (C=O) groups is 3. The largest absolute Gasteiger partial charge is 0.490 e. The van der Waals surface area contributed by atoms with Crippen LogP contribution in [0.3, 0.4) is 0 Å². The predicted molar refractivity (Wildman–Crippen MR) is 121 cm³/mol. The third-order valence-electron chi connectivity index (χ3n) is 4.50. The number of nitrogens with zero attached hydrogens (tertiary/aromatic N) is 2. The van der Waals surface area contributed by atoms with Crippen molar-refractivity contribution in [3.05, 3.63) is 57.6 Å². The molecule has 0 saturated carbocycles. The van der Waals surface area contributed by atoms with Gasteiger partial charge in [0.1, 0.15) is 0 Å². The van der Waals surface area contributed by atoms with Crippen molar-refractivity contribution in [2.24, 2.45) is 5.10 Å². The molecule has 0 aromatic heterocycles. The quantitative estimate of drug-likeness (QED) is 0.462. The zero-order chi connectivity index (χ0) is 25.9. The van der Waals surface area contributed by atoms with E-state index < -0.39 is 41.9 Å². The van der Waals surface area contributed by atoms with Gasteiger partial charge < -0.3 is 19.7 Å². The molecule has 0 saturated heterocycles. The Kier molecular flexibility index (Phi) is 7.48. The smallest absolute Gasteiger partial charge is 0.435 e. The van der Waals surface area contributed by atoms with Crippen LogP contribution in [0.1, 0.15) is 22.8 Å². The number of carboxylic acid groups (broad SMARTS) is 2. The third kappa shape index (κ3) is 5.80. The van der Waals surface area contributed by atoms with E-state index in [1.807, 2.05) is 0 Å². The SMILES string of the molecule is CCOc1cc(/C=C2\C(=O)N(c3cccc(C(=O)O)c3)N=C2C(F)(F)F)c(Br)cc1OCC(=O)O. The molecule has 1 heterocycles. The summed E-state index contributed by atoms with van der Waals surface area (Å²) in [7, 11) is 0. The molecule has 1 aliphatic rings. The molecule has 184 valence electrons. The van der Waals surface area contributed by atoms with Crippen molar-refractivity contribution in [3.63, 3.8) is 0 Å². The van der Waals surface area contributed by atoms with Gasteiger partial charge in [-0.05, 0) is 48.9 Å². The third-order valence-corrected chi connectivity index (χ3v) is 5.18. The van der Waals surface area contributed by atoms with Crippen LogP contribution < -0.4 is 14.5 Å². The average molecular weight is 557 g/mol. The van der Waals surface area contributed by atoms with Gasteiger partial charge in [0.25, 0.3) is 5.91 Å². The molecule has 2 N–H and O–H groups in total. The Balaban J connectivity index is 2.09. The van der Waals surface area contributed by atoms with Crippen LogP contribution in [0.2, 0.25) is 0 Å². The van der Waals surface area contributed by atoms with Gasteiger partial charge in [-0.1, -0.05) is 22.0 Å². The Bertz CT molecular complexity index is 1260. The summed E-state index contributed by atoms with van der Waals surface area (Å²) in [5, 5.41) is 21.9. The van der Waals surface area contributed by atoms with Crippen LogP contribution in [0.4, 0.5) is 18.9 Å². The lowest BCUT2D eigenvalue weighted by molar-refractivity contribution is -0.139. The van der Waals surface area contributed by atoms with Crippen LogP contribution >= 0.6 is 15.9 Å². The molecule has 2 aromatic rings. The minimum atomic E-state index is -5.00. The maximum atomic E-state index is 13.8. The number of hydrogen-bond acceptors (Lipinski definition) is 6. The molecular weight excluding hydrogens is 541 g/mol. The second-order valence-corrected chi connectivity index (χ2v) is 7.77. The summed E-state index contributed by atoms with van der Waals surface area (Å²) in [6, 6.07) is 7.36. The number of ether oxygens (including phenoxy) is 2. The Morgan fingerprint density at radius 1 is 1.14 bits per heavy atom. The molecule has 9 nitrogen and oxygen atoms in total. The first-order valence-electron chi connectivity index (χ1n) is 9.79. The molecule has 1 amide bonds. The van der Waals surface area contributed by atoms with Crippen LogP contribution in [0.5, 0.6) is 11.5 Å². The van der Waals surface area contributed by atoms with E-state index in [0.717, 1.165) is 12.1 Å². The van der Waals surface area contributed by atoms with Crippen molar-refractivity contribution in [1.82, 2.24) is 0 Å². The first-order chi connectivity index (χ1) is 16.4. The minimum absolute atomic E-state index is 0.0258. The van der Waals surface area contributed by atoms with E-state index in [1.165, 1.54) is 30.3 Å². The van der Waals surface area contributed by atoms with Gasteiger partial charge in [0.2, 0.25) is 0 Å². The number of benzene rings is 2. The summed E-state index contributed by atoms with van der Waals surface area (Å²) >= 11 is 3.18. The standard InChI is InChI=1S/C22H16BrF3N2O7/c1-2-34-16-8-12(15(23)9-17(16)35-10-18(29)30)7-14-19(22(24,25)26)27-28(20(14)31)13-5-3-4-11(6-13)21(32)33/h3-9H,2,10H2,1H3,(H,29,30)(H,32,33)/b14-7-. The van der Waals surface area contributed by atoms with Gasteiger partial charge >= 0.3 is 18.1 Å². The van der Waals surface area contributed by atoms with Crippen molar-refractivity contribution in [1.29, 1.82) is 0 Å². The Hall–Kier alpha value is -3.87. The normalized spacial score (nSPS) is 14.8. The molecule has 0 radical (unpaired) electrons. The van der Waals surface area contributed by atoms with E-state index in [1.54, 1.807) is 6.92 Å². The molecular formula is C22H16BrF3N2O7. The number of alkyl halides is 3. The van der Waals surface area contributed by atoms with Gasteiger partial charge in [-0.2, -0.15) is 23.3 Å². The number of rotatable bonds is 8. The van der Waals surface area contributed by atoms with Crippen LogP contribution in [0, 0.1) is 0 Å². The van der Waals surface area contributed by atoms with Gasteiger partial charge in [0.05, 0.1) is 23.4 Å². The highest BCUT2D eigenvalue weighted by atomic mass is 79.9. The highest BCUT2D eigenvalue weighted by Crippen LogP contribution is 2.38. The first-order valence-corrected chi connectivity index (χ1v) is 10.6. The van der Waals surface area contributed by atoms with E-state index in [4.69, 9.17) is 19.7 Å². The van der Waals surface area contributed by atoms with E-state index >= 15 is 0 Å². The first kappa shape index (κ1) is 25.7. The van der Waals surface area contributed by atoms with Crippen LogP contribution in [-0.4, -0.2) is 53.2 Å². The second-order valence-electron chi connectivity index (χ2n) is 6.91. The van der Waals surface area contributed by atoms with Crippen LogP contribution in [-0.2, 0) is 9.59 Å². The summed E-state index contributed by atoms with van der Waals surface area (Å²) in [5.41, 5.74) is -2.57. The monoisotopic (exact) mass is 556 g/mol. The van der Waals surface area contributed by atoms with E-state index in [0.29, 0.717) is 5.01 Å². The van der Waals surface area contributed by atoms with E-state index in [2.05, 4.69) is 21.0 Å². The maximum Gasteiger partial charge on any atom is 0.435 e. The number of hydrogen-bond donors (Lipinski definition) is 2. The number of amides is 1. The van der Waals surface area contributed by atoms with E-state index in [9.17, 15) is 27.6 Å². The zero-order valence-corrected chi connectivity index (χ0v) is 19.4. The fourth-order valence-corrected chi connectivity index (χ4v) is 3.47. The van der Waals surface area contributed by atoms with Gasteiger partial charge in [-0.25, -0.2) is 9.59 Å². The molecule has 1 aliphatic heterocycles. The second kappa shape index (κ2) is 10.2. The average Bonchev–Trinajstić information content (AvgIpc) is 3.11. The van der Waals surface area contributed by atoms with Gasteiger partial charge in [0.15, 0.2) is 23.8 Å². The van der Waals surface area contributed by atoms with Gasteiger partial charge in [0, 0.05) is 4.47 Å². The molecule has 13 heteroatoms. The van der Waals surface area contributed by atoms with Crippen LogP contribution in [0.25, 0.3) is 6.08 Å². The highest BCUT2D eigenvalue weighted by molar-refractivity contribution is 9.10. The molecule has 0 bridgehead atoms. The Morgan fingerprint density at radius 2 is 1.83 bits per heavy atom. The molecule has 0 fully saturated rings. The summed E-state index contributed by atoms with van der Waals surface area (Å²) in [4.78, 5) is 35.0. The lowest BCUT2D eigenvalue weighted by Gasteiger charge is -2.14. The summed E-state index contributed by atoms with van der Waals surface area (Å²) < 4.78 is 52.1. The van der Waals surface area contributed by atoms with Crippen molar-refractivity contribution >= 4 is 51.3 Å². The number of carboxylic acids is 2. The number of aromatic carboxylic acids is 1. The summed E-state index contributed by atoms with van der Waals surface area (Å²) in [6.07, 6.45) is -4.05. The number of anilines is 1. The van der Waals surface area contributed by atoms with Gasteiger partial charge in [-0.15, -0.1) is 0 Å². The molecule has 3 rings (SSSR count). The van der Waals surface area contributed by atoms with Crippen LogP contribution in [0.15, 0.2) is 51.5 Å². The molecule has 0 spiro atoms. The fraction of sp³-hybridized carbons (Fsp3) is 0.182. The number of halogens is 4. The number of carbonyl (C=O) groups excluding carboxylic acids is 1. The van der Waals surface area contributed by atoms with E-state index in [-0.39, 0.29) is 39.4 Å². The molecule has 0 atom stereocenters. The lowest BCUT2D eigenvalue weighted by atomic mass is 10.1. The number of hydrazone groups is 1. The molecule has 0 aliphatic carbocycles.